The van der Waals surface area contributed by atoms with Crippen LogP contribution in [-0.4, -0.2) is 46.2 Å². The van der Waals surface area contributed by atoms with Crippen LogP contribution in [0.15, 0.2) is 23.5 Å². The number of aliphatic hydroxyl groups excluding tert-OH is 1. The number of carbonyl (C=O) groups is 3. The van der Waals surface area contributed by atoms with Gasteiger partial charge in [0, 0.05) is 19.3 Å². The lowest BCUT2D eigenvalue weighted by atomic mass is 9.89. The molecular formula is C19H28O7. The number of aliphatic hydroxyl groups is 2. The summed E-state index contributed by atoms with van der Waals surface area (Å²) >= 11 is 0. The van der Waals surface area contributed by atoms with E-state index in [-0.39, 0.29) is 25.7 Å². The first-order chi connectivity index (χ1) is 12.1. The molecule has 0 spiro atoms. The van der Waals surface area contributed by atoms with Crippen molar-refractivity contribution < 1.29 is 34.1 Å². The molecule has 1 aliphatic heterocycles. The molecule has 1 aliphatic rings. The fourth-order valence-corrected chi connectivity index (χ4v) is 2.76. The van der Waals surface area contributed by atoms with Gasteiger partial charge in [-0.05, 0) is 38.3 Å². The summed E-state index contributed by atoms with van der Waals surface area (Å²) in [5.41, 5.74) is -0.818. The zero-order valence-corrected chi connectivity index (χ0v) is 15.7. The van der Waals surface area contributed by atoms with Crippen LogP contribution in [0.5, 0.6) is 0 Å². The summed E-state index contributed by atoms with van der Waals surface area (Å²) in [6.07, 6.45) is 2.14. The standard InChI is InChI=1S/C19H28O7/c1-12-5-6-16(25-14(3)21)19(4,24)9-7-15(22)11-17(23)26-18(12)13(2)8-10-20/h5-6,10,12,15-16,22,24H,7-9,11H2,1-4H3. The molecule has 4 unspecified atom stereocenters. The first-order valence-electron chi connectivity index (χ1n) is 8.66. The van der Waals surface area contributed by atoms with Crippen molar-refractivity contribution in [3.8, 4) is 0 Å². The fourth-order valence-electron chi connectivity index (χ4n) is 2.76. The normalized spacial score (nSPS) is 32.7. The summed E-state index contributed by atoms with van der Waals surface area (Å²) in [4.78, 5) is 34.3. The van der Waals surface area contributed by atoms with Crippen LogP contribution < -0.4 is 0 Å². The number of allylic oxidation sites excluding steroid dienone is 2. The molecular weight excluding hydrogens is 340 g/mol. The molecule has 0 aromatic carbocycles. The largest absolute Gasteiger partial charge is 0.455 e. The van der Waals surface area contributed by atoms with E-state index in [1.807, 2.05) is 0 Å². The summed E-state index contributed by atoms with van der Waals surface area (Å²) in [6, 6.07) is 0. The molecule has 7 nitrogen and oxygen atoms in total. The van der Waals surface area contributed by atoms with E-state index in [4.69, 9.17) is 9.47 Å². The van der Waals surface area contributed by atoms with Gasteiger partial charge in [-0.25, -0.2) is 0 Å². The minimum atomic E-state index is -1.41. The Bertz CT molecular complexity index is 589. The average molecular weight is 368 g/mol. The van der Waals surface area contributed by atoms with Crippen LogP contribution >= 0.6 is 0 Å². The third kappa shape index (κ3) is 6.72. The van der Waals surface area contributed by atoms with Crippen LogP contribution in [0, 0.1) is 5.92 Å². The second-order valence-corrected chi connectivity index (χ2v) is 6.95. The predicted molar refractivity (Wildman–Crippen MR) is 93.8 cm³/mol. The summed E-state index contributed by atoms with van der Waals surface area (Å²) in [5.74, 6) is -1.23. The number of cyclic esters (lactones) is 1. The molecule has 4 atom stereocenters. The van der Waals surface area contributed by atoms with E-state index < -0.39 is 35.7 Å². The monoisotopic (exact) mass is 368 g/mol. The van der Waals surface area contributed by atoms with E-state index in [9.17, 15) is 24.6 Å². The molecule has 0 bridgehead atoms. The highest BCUT2D eigenvalue weighted by Crippen LogP contribution is 2.27. The van der Waals surface area contributed by atoms with Gasteiger partial charge in [-0.1, -0.05) is 13.0 Å². The fraction of sp³-hybridized carbons (Fsp3) is 0.632. The van der Waals surface area contributed by atoms with Gasteiger partial charge in [0.25, 0.3) is 0 Å². The Morgan fingerprint density at radius 3 is 2.65 bits per heavy atom. The SMILES string of the molecule is CC(=O)OC1C=CC(C)C(=C(C)CC=O)OC(=O)CC(O)CCC1(C)O. The Balaban J connectivity index is 3.28. The molecule has 0 amide bonds. The van der Waals surface area contributed by atoms with Gasteiger partial charge in [-0.15, -0.1) is 0 Å². The highest BCUT2D eigenvalue weighted by atomic mass is 16.6. The number of aldehydes is 1. The van der Waals surface area contributed by atoms with Crippen molar-refractivity contribution in [3.63, 3.8) is 0 Å². The third-order valence-corrected chi connectivity index (χ3v) is 4.31. The van der Waals surface area contributed by atoms with Crippen molar-refractivity contribution in [2.45, 2.75) is 71.2 Å². The maximum absolute atomic E-state index is 12.1. The first kappa shape index (κ1) is 22.1. The lowest BCUT2D eigenvalue weighted by Gasteiger charge is -2.31. The Hall–Kier alpha value is -1.99. The van der Waals surface area contributed by atoms with E-state index in [1.165, 1.54) is 13.8 Å². The predicted octanol–water partition coefficient (Wildman–Crippen LogP) is 1.81. The van der Waals surface area contributed by atoms with Crippen LogP contribution in [-0.2, 0) is 23.9 Å². The molecule has 0 saturated carbocycles. The van der Waals surface area contributed by atoms with E-state index >= 15 is 0 Å². The maximum Gasteiger partial charge on any atom is 0.313 e. The maximum atomic E-state index is 12.1. The number of rotatable bonds is 3. The summed E-state index contributed by atoms with van der Waals surface area (Å²) in [5, 5.41) is 20.7. The van der Waals surface area contributed by atoms with E-state index in [0.29, 0.717) is 17.6 Å². The smallest absolute Gasteiger partial charge is 0.313 e. The number of carbonyl (C=O) groups excluding carboxylic acids is 3. The number of hydrogen-bond acceptors (Lipinski definition) is 7. The molecule has 7 heteroatoms. The van der Waals surface area contributed by atoms with Gasteiger partial charge in [0.05, 0.1) is 12.5 Å². The Labute approximate surface area is 153 Å². The molecule has 2 N–H and O–H groups in total. The Kier molecular flexibility index (Phi) is 8.17. The van der Waals surface area contributed by atoms with Crippen LogP contribution in [0.25, 0.3) is 0 Å². The van der Waals surface area contributed by atoms with Crippen LogP contribution in [0.4, 0.5) is 0 Å². The van der Waals surface area contributed by atoms with Crippen molar-refractivity contribution in [3.05, 3.63) is 23.5 Å². The molecule has 0 fully saturated rings. The van der Waals surface area contributed by atoms with Crippen LogP contribution in [0.3, 0.4) is 0 Å². The number of hydrogen-bond donors (Lipinski definition) is 2. The molecule has 1 heterocycles. The van der Waals surface area contributed by atoms with Crippen LogP contribution in [0.2, 0.25) is 0 Å². The molecule has 0 saturated heterocycles. The molecule has 26 heavy (non-hydrogen) atoms. The quantitative estimate of drug-likeness (QED) is 0.444. The minimum Gasteiger partial charge on any atom is -0.455 e. The van der Waals surface area contributed by atoms with Gasteiger partial charge in [-0.3, -0.25) is 9.59 Å². The zero-order chi connectivity index (χ0) is 19.9. The molecule has 0 aliphatic carbocycles. The summed E-state index contributed by atoms with van der Waals surface area (Å²) in [7, 11) is 0. The van der Waals surface area contributed by atoms with E-state index in [2.05, 4.69) is 0 Å². The van der Waals surface area contributed by atoms with Crippen molar-refractivity contribution >= 4 is 18.2 Å². The van der Waals surface area contributed by atoms with E-state index in [1.54, 1.807) is 26.0 Å². The molecule has 1 rings (SSSR count). The van der Waals surface area contributed by atoms with Crippen LogP contribution in [0.1, 0.15) is 53.4 Å². The lowest BCUT2D eigenvalue weighted by molar-refractivity contribution is -0.156. The van der Waals surface area contributed by atoms with Gasteiger partial charge in [0.15, 0.2) is 0 Å². The topological polar surface area (TPSA) is 110 Å². The van der Waals surface area contributed by atoms with Gasteiger partial charge in [-0.2, -0.15) is 0 Å². The van der Waals surface area contributed by atoms with Crippen molar-refractivity contribution in [2.24, 2.45) is 5.92 Å². The second kappa shape index (κ2) is 9.64. The lowest BCUT2D eigenvalue weighted by Crippen LogP contribution is -2.42. The summed E-state index contributed by atoms with van der Waals surface area (Å²) in [6.45, 7) is 6.21. The average Bonchev–Trinajstić information content (AvgIpc) is 2.53. The first-order valence-corrected chi connectivity index (χ1v) is 8.66. The molecule has 0 aromatic rings. The van der Waals surface area contributed by atoms with Crippen molar-refractivity contribution in [2.75, 3.05) is 0 Å². The highest BCUT2D eigenvalue weighted by Gasteiger charge is 2.34. The number of ether oxygens (including phenoxy) is 2. The molecule has 0 radical (unpaired) electrons. The minimum absolute atomic E-state index is 0.106. The van der Waals surface area contributed by atoms with Gasteiger partial charge < -0.3 is 24.5 Å². The van der Waals surface area contributed by atoms with E-state index in [0.717, 1.165) is 0 Å². The van der Waals surface area contributed by atoms with Gasteiger partial charge >= 0.3 is 11.9 Å². The highest BCUT2D eigenvalue weighted by molar-refractivity contribution is 5.71. The zero-order valence-electron chi connectivity index (χ0n) is 15.7. The van der Waals surface area contributed by atoms with Gasteiger partial charge in [0.1, 0.15) is 23.8 Å². The summed E-state index contributed by atoms with van der Waals surface area (Å²) < 4.78 is 10.6. The van der Waals surface area contributed by atoms with Crippen molar-refractivity contribution in [1.82, 2.24) is 0 Å². The van der Waals surface area contributed by atoms with Gasteiger partial charge in [0.2, 0.25) is 0 Å². The third-order valence-electron chi connectivity index (χ3n) is 4.31. The second-order valence-electron chi connectivity index (χ2n) is 6.95. The Morgan fingerprint density at radius 2 is 2.08 bits per heavy atom. The Morgan fingerprint density at radius 1 is 1.42 bits per heavy atom. The number of esters is 2. The molecule has 0 aromatic heterocycles. The molecule has 146 valence electrons. The van der Waals surface area contributed by atoms with Crippen molar-refractivity contribution in [1.29, 1.82) is 0 Å².